The van der Waals surface area contributed by atoms with Crippen molar-refractivity contribution < 1.29 is 37.0 Å². The summed E-state index contributed by atoms with van der Waals surface area (Å²) in [5.41, 5.74) is 0.611. The molecule has 7 rings (SSSR count). The maximum atomic E-state index is 14.0. The van der Waals surface area contributed by atoms with Gasteiger partial charge in [0.15, 0.2) is 0 Å². The van der Waals surface area contributed by atoms with Crippen LogP contribution >= 0.6 is 0 Å². The van der Waals surface area contributed by atoms with Crippen molar-refractivity contribution in [3.05, 3.63) is 70.9 Å². The first-order valence-corrected chi connectivity index (χ1v) is 14.8. The molecule has 2 N–H and O–H groups in total. The van der Waals surface area contributed by atoms with E-state index in [0.29, 0.717) is 48.7 Å². The minimum Gasteiger partial charge on any atom is -0.490 e. The fourth-order valence-corrected chi connectivity index (χ4v) is 6.31. The van der Waals surface area contributed by atoms with E-state index in [1.54, 1.807) is 24.4 Å². The Hall–Kier alpha value is -4.32. The van der Waals surface area contributed by atoms with Gasteiger partial charge in [0.25, 0.3) is 5.91 Å². The van der Waals surface area contributed by atoms with Gasteiger partial charge in [-0.25, -0.2) is 4.98 Å². The van der Waals surface area contributed by atoms with E-state index < -0.39 is 17.6 Å². The monoisotopic (exact) mass is 608 g/mol. The highest BCUT2D eigenvalue weighted by molar-refractivity contribution is 5.95. The van der Waals surface area contributed by atoms with E-state index in [1.807, 2.05) is 6.07 Å². The number of alkyl halides is 3. The number of carbonyl (C=O) groups is 2. The highest BCUT2D eigenvalue weighted by Gasteiger charge is 2.59. The number of hydrogen-bond acceptors (Lipinski definition) is 7. The van der Waals surface area contributed by atoms with Crippen LogP contribution in [0, 0.1) is 0 Å². The average Bonchev–Trinajstić information content (AvgIpc) is 3.53. The number of carbonyl (C=O) groups excluding carboxylic acids is 2. The van der Waals surface area contributed by atoms with Crippen molar-refractivity contribution in [3.8, 4) is 23.0 Å². The number of nitrogens with one attached hydrogen (secondary N) is 2. The van der Waals surface area contributed by atoms with Crippen LogP contribution in [-0.4, -0.2) is 59.6 Å². The van der Waals surface area contributed by atoms with Crippen LogP contribution in [0.15, 0.2) is 48.7 Å². The number of likely N-dealkylation sites (tertiary alicyclic amines) is 1. The smallest absolute Gasteiger partial charge is 0.419 e. The third-order valence-electron chi connectivity index (χ3n) is 8.78. The van der Waals surface area contributed by atoms with Gasteiger partial charge in [-0.15, -0.1) is 0 Å². The van der Waals surface area contributed by atoms with Gasteiger partial charge in [-0.3, -0.25) is 9.59 Å². The summed E-state index contributed by atoms with van der Waals surface area (Å²) in [4.78, 5) is 31.3. The minimum atomic E-state index is -4.68. The number of benzene rings is 2. The lowest BCUT2D eigenvalue weighted by atomic mass is 10.1. The lowest BCUT2D eigenvalue weighted by Gasteiger charge is -2.31. The number of ether oxygens (including phenoxy) is 3. The van der Waals surface area contributed by atoms with Crippen LogP contribution in [0.5, 0.6) is 23.0 Å². The van der Waals surface area contributed by atoms with Crippen molar-refractivity contribution in [1.82, 2.24) is 15.2 Å². The topological polar surface area (TPSA) is 102 Å². The Morgan fingerprint density at radius 2 is 1.93 bits per heavy atom. The van der Waals surface area contributed by atoms with Gasteiger partial charge in [0.05, 0.1) is 17.5 Å². The molecular weight excluding hydrogens is 577 g/mol. The largest absolute Gasteiger partial charge is 0.490 e. The third kappa shape index (κ3) is 5.42. The van der Waals surface area contributed by atoms with Crippen molar-refractivity contribution in [1.29, 1.82) is 0 Å². The van der Waals surface area contributed by atoms with Gasteiger partial charge in [0.1, 0.15) is 41.0 Å². The molecule has 2 amide bonds. The number of pyridine rings is 1. The van der Waals surface area contributed by atoms with Crippen molar-refractivity contribution in [2.45, 2.75) is 63.0 Å². The third-order valence-corrected chi connectivity index (χ3v) is 8.78. The predicted octanol–water partition coefficient (Wildman–Crippen LogP) is 5.30. The molecule has 9 nitrogen and oxygen atoms in total. The number of piperidine rings is 1. The summed E-state index contributed by atoms with van der Waals surface area (Å²) in [7, 11) is 0. The fraction of sp³-hybridized carbons (Fsp3) is 0.406. The van der Waals surface area contributed by atoms with E-state index in [0.717, 1.165) is 36.8 Å². The molecule has 0 unspecified atom stereocenters. The number of hydrogen-bond donors (Lipinski definition) is 2. The number of amides is 2. The molecule has 230 valence electrons. The second-order valence-electron chi connectivity index (χ2n) is 11.6. The molecule has 44 heavy (non-hydrogen) atoms. The van der Waals surface area contributed by atoms with Gasteiger partial charge in [0.2, 0.25) is 5.91 Å². The summed E-state index contributed by atoms with van der Waals surface area (Å²) in [5, 5.41) is 5.61. The SMILES string of the molecule is CCN1CCC(Oc2ccc(C(=O)N[C@@H]3[C@H]4Oc5ccc(Oc6ccnc7c6CCC(=O)N7)cc5[C@@H]34)cc2C(F)(F)F)CC1. The Balaban J connectivity index is 1.03. The van der Waals surface area contributed by atoms with Gasteiger partial charge in [-0.2, -0.15) is 13.2 Å². The summed E-state index contributed by atoms with van der Waals surface area (Å²) in [5.74, 6) is 1.20. The summed E-state index contributed by atoms with van der Waals surface area (Å²) in [6.07, 6.45) is -1.58. The van der Waals surface area contributed by atoms with Crippen LogP contribution in [0.3, 0.4) is 0 Å². The molecule has 1 saturated heterocycles. The lowest BCUT2D eigenvalue weighted by molar-refractivity contribution is -0.139. The van der Waals surface area contributed by atoms with E-state index in [4.69, 9.17) is 14.2 Å². The van der Waals surface area contributed by atoms with Gasteiger partial charge < -0.3 is 29.7 Å². The average molecular weight is 609 g/mol. The van der Waals surface area contributed by atoms with Crippen molar-refractivity contribution in [3.63, 3.8) is 0 Å². The molecule has 0 spiro atoms. The Bertz CT molecular complexity index is 1620. The standard InChI is InChI=1S/C32H31F3N4O5/c1-2-39-13-10-18(11-14-39)42-25-6-3-17(15-22(25)32(33,34)35)31(41)38-28-27-21-16-19(4-7-23(21)44-29(27)28)43-24-9-12-36-30-20(24)5-8-26(40)37-30/h3-4,6-7,9,12,15-16,18,27-29H,2,5,8,10-11,13-14H2,1H3,(H,38,41)(H,36,37,40)/t27-,28-,29-/m0/s1. The second-order valence-corrected chi connectivity index (χ2v) is 11.6. The predicted molar refractivity (Wildman–Crippen MR) is 153 cm³/mol. The lowest BCUT2D eigenvalue weighted by Crippen LogP contribution is -2.38. The number of nitrogens with zero attached hydrogens (tertiary/aromatic N) is 2. The second kappa shape index (κ2) is 11.0. The van der Waals surface area contributed by atoms with Crippen molar-refractivity contribution in [2.24, 2.45) is 0 Å². The van der Waals surface area contributed by atoms with Crippen LogP contribution in [-0.2, 0) is 17.4 Å². The number of aromatic nitrogens is 1. The molecule has 4 heterocycles. The number of anilines is 1. The highest BCUT2D eigenvalue weighted by atomic mass is 19.4. The van der Waals surface area contributed by atoms with E-state index in [9.17, 15) is 22.8 Å². The number of rotatable bonds is 7. The molecule has 2 aromatic carbocycles. The van der Waals surface area contributed by atoms with Crippen LogP contribution in [0.1, 0.15) is 59.2 Å². The summed E-state index contributed by atoms with van der Waals surface area (Å²) < 4.78 is 60.0. The zero-order valence-corrected chi connectivity index (χ0v) is 23.9. The van der Waals surface area contributed by atoms with Crippen LogP contribution in [0.2, 0.25) is 0 Å². The molecule has 3 atom stereocenters. The Morgan fingerprint density at radius 3 is 2.70 bits per heavy atom. The van der Waals surface area contributed by atoms with Gasteiger partial charge >= 0.3 is 6.18 Å². The molecule has 12 heteroatoms. The van der Waals surface area contributed by atoms with Crippen LogP contribution in [0.25, 0.3) is 0 Å². The minimum absolute atomic E-state index is 0.0911. The van der Waals surface area contributed by atoms with E-state index in [-0.39, 0.29) is 41.4 Å². The maximum absolute atomic E-state index is 14.0. The first kappa shape index (κ1) is 28.5. The molecule has 0 bridgehead atoms. The first-order chi connectivity index (χ1) is 21.2. The zero-order valence-electron chi connectivity index (χ0n) is 23.9. The molecule has 1 saturated carbocycles. The summed E-state index contributed by atoms with van der Waals surface area (Å²) >= 11 is 0. The Kier molecular flexibility index (Phi) is 7.11. The van der Waals surface area contributed by atoms with Crippen molar-refractivity contribution >= 4 is 17.6 Å². The Morgan fingerprint density at radius 1 is 1.11 bits per heavy atom. The van der Waals surface area contributed by atoms with Crippen LogP contribution < -0.4 is 24.8 Å². The molecule has 0 radical (unpaired) electrons. The van der Waals surface area contributed by atoms with E-state index in [1.165, 1.54) is 12.1 Å². The molecule has 3 aliphatic heterocycles. The zero-order chi connectivity index (χ0) is 30.6. The molecule has 2 fully saturated rings. The van der Waals surface area contributed by atoms with Gasteiger partial charge in [-0.1, -0.05) is 6.92 Å². The molecular formula is C32H31F3N4O5. The molecule has 1 aromatic heterocycles. The summed E-state index contributed by atoms with van der Waals surface area (Å²) in [6.45, 7) is 4.50. The van der Waals surface area contributed by atoms with E-state index >= 15 is 0 Å². The van der Waals surface area contributed by atoms with Crippen molar-refractivity contribution in [2.75, 3.05) is 25.0 Å². The number of fused-ring (bicyclic) bond motifs is 4. The quantitative estimate of drug-likeness (QED) is 0.376. The van der Waals surface area contributed by atoms with Crippen LogP contribution in [0.4, 0.5) is 19.0 Å². The molecule has 3 aromatic rings. The van der Waals surface area contributed by atoms with E-state index in [2.05, 4.69) is 27.4 Å². The van der Waals surface area contributed by atoms with Gasteiger partial charge in [-0.05, 0) is 68.3 Å². The number of halogens is 3. The highest BCUT2D eigenvalue weighted by Crippen LogP contribution is 2.55. The molecule has 1 aliphatic carbocycles. The maximum Gasteiger partial charge on any atom is 0.419 e. The normalized spacial score (nSPS) is 22.6. The first-order valence-electron chi connectivity index (χ1n) is 14.8. The molecule has 4 aliphatic rings. The van der Waals surface area contributed by atoms with Gasteiger partial charge in [0, 0.05) is 42.4 Å². The fourth-order valence-electron chi connectivity index (χ4n) is 6.31. The Labute approximate surface area is 251 Å². The summed E-state index contributed by atoms with van der Waals surface area (Å²) in [6, 6.07) is 10.3.